The molecule has 1 heterocycles. The lowest BCUT2D eigenvalue weighted by Crippen LogP contribution is -2.29. The molecule has 1 aliphatic rings. The van der Waals surface area contributed by atoms with E-state index in [1.54, 1.807) is 0 Å². The second-order valence-corrected chi connectivity index (χ2v) is 7.62. The fraction of sp³-hybridized carbons (Fsp3) is 0.273. The van der Waals surface area contributed by atoms with Crippen molar-refractivity contribution in [2.24, 2.45) is 0 Å². The van der Waals surface area contributed by atoms with Gasteiger partial charge in [-0.3, -0.25) is 0 Å². The van der Waals surface area contributed by atoms with Gasteiger partial charge in [-0.05, 0) is 69.2 Å². The van der Waals surface area contributed by atoms with Crippen LogP contribution in [0.15, 0.2) is 48.5 Å². The third kappa shape index (κ3) is 3.83. The summed E-state index contributed by atoms with van der Waals surface area (Å²) in [6.07, 6.45) is 7.65. The smallest absolute Gasteiger partial charge is 0.163 e. The Labute approximate surface area is 154 Å². The van der Waals surface area contributed by atoms with Crippen molar-refractivity contribution in [1.29, 1.82) is 0 Å². The molecule has 0 spiro atoms. The van der Waals surface area contributed by atoms with Gasteiger partial charge in [0.2, 0.25) is 0 Å². The number of fused-ring (bicyclic) bond motifs is 1. The number of terminal acetylenes is 1. The maximum Gasteiger partial charge on any atom is 0.163 e. The summed E-state index contributed by atoms with van der Waals surface area (Å²) in [5.41, 5.74) is 2.13. The molecule has 128 valence electrons. The van der Waals surface area contributed by atoms with E-state index in [0.717, 1.165) is 27.5 Å². The highest BCUT2D eigenvalue weighted by Gasteiger charge is 2.28. The Balaban J connectivity index is 2.05. The van der Waals surface area contributed by atoms with E-state index in [0.29, 0.717) is 5.75 Å². The lowest BCUT2D eigenvalue weighted by Gasteiger charge is -2.32. The second-order valence-electron chi connectivity index (χ2n) is 7.19. The normalized spacial score (nSPS) is 15.4. The summed E-state index contributed by atoms with van der Waals surface area (Å²) >= 11 is 6.03. The molecule has 2 aromatic carbocycles. The van der Waals surface area contributed by atoms with Gasteiger partial charge in [0.05, 0.1) is 0 Å². The van der Waals surface area contributed by atoms with Crippen molar-refractivity contribution in [3.8, 4) is 23.8 Å². The maximum atomic E-state index is 6.15. The first-order valence-corrected chi connectivity index (χ1v) is 8.56. The number of benzene rings is 2. The Morgan fingerprint density at radius 2 is 1.80 bits per heavy atom. The molecule has 1 aliphatic heterocycles. The van der Waals surface area contributed by atoms with E-state index in [9.17, 15) is 0 Å². The summed E-state index contributed by atoms with van der Waals surface area (Å²) in [6, 6.07) is 13.7. The Hall–Kier alpha value is -2.37. The van der Waals surface area contributed by atoms with Crippen LogP contribution < -0.4 is 9.47 Å². The third-order valence-electron chi connectivity index (χ3n) is 3.98. The average molecular weight is 353 g/mol. The number of rotatable bonds is 3. The number of hydrogen-bond acceptors (Lipinski definition) is 2. The number of ether oxygens (including phenoxy) is 2. The van der Waals surface area contributed by atoms with Crippen LogP contribution in [0.2, 0.25) is 5.02 Å². The van der Waals surface area contributed by atoms with Crippen molar-refractivity contribution in [2.75, 3.05) is 0 Å². The highest BCUT2D eigenvalue weighted by Crippen LogP contribution is 2.41. The van der Waals surface area contributed by atoms with Gasteiger partial charge in [-0.15, -0.1) is 6.42 Å². The molecule has 0 saturated carbocycles. The molecule has 2 nitrogen and oxygen atoms in total. The predicted molar refractivity (Wildman–Crippen MR) is 103 cm³/mol. The third-order valence-corrected chi connectivity index (χ3v) is 4.24. The molecule has 0 saturated heterocycles. The lowest BCUT2D eigenvalue weighted by molar-refractivity contribution is 0.152. The molecule has 0 amide bonds. The van der Waals surface area contributed by atoms with Crippen molar-refractivity contribution < 1.29 is 9.47 Å². The summed E-state index contributed by atoms with van der Waals surface area (Å²) < 4.78 is 12.0. The highest BCUT2D eigenvalue weighted by molar-refractivity contribution is 6.30. The number of hydrogen-bond donors (Lipinski definition) is 0. The summed E-state index contributed by atoms with van der Waals surface area (Å²) in [5, 5.41) is 0.719. The minimum atomic E-state index is -0.673. The molecule has 0 bridgehead atoms. The van der Waals surface area contributed by atoms with Crippen LogP contribution in [0.25, 0.3) is 5.57 Å². The van der Waals surface area contributed by atoms with Crippen LogP contribution in [0.3, 0.4) is 0 Å². The molecule has 0 fully saturated rings. The lowest BCUT2D eigenvalue weighted by atomic mass is 9.90. The first-order valence-electron chi connectivity index (χ1n) is 8.18. The van der Waals surface area contributed by atoms with Crippen LogP contribution in [0, 0.1) is 12.3 Å². The van der Waals surface area contributed by atoms with E-state index in [2.05, 4.69) is 12.0 Å². The molecule has 0 radical (unpaired) electrons. The summed E-state index contributed by atoms with van der Waals surface area (Å²) in [5.74, 6) is 4.11. The molecule has 2 aromatic rings. The van der Waals surface area contributed by atoms with Crippen LogP contribution in [0.5, 0.6) is 11.5 Å². The first kappa shape index (κ1) is 17.5. The van der Waals surface area contributed by atoms with Gasteiger partial charge in [0.1, 0.15) is 17.1 Å². The minimum absolute atomic E-state index is 0.428. The zero-order valence-corrected chi connectivity index (χ0v) is 15.6. The van der Waals surface area contributed by atoms with Gasteiger partial charge < -0.3 is 9.47 Å². The first-order chi connectivity index (χ1) is 11.7. The molecule has 3 rings (SSSR count). The average Bonchev–Trinajstić information content (AvgIpc) is 2.53. The zero-order valence-electron chi connectivity index (χ0n) is 14.9. The molecule has 0 aromatic heterocycles. The predicted octanol–water partition coefficient (Wildman–Crippen LogP) is 5.73. The van der Waals surface area contributed by atoms with Crippen LogP contribution in [-0.2, 0) is 0 Å². The van der Waals surface area contributed by atoms with Crippen LogP contribution in [0.1, 0.15) is 38.8 Å². The van der Waals surface area contributed by atoms with Crippen molar-refractivity contribution in [2.45, 2.75) is 38.9 Å². The van der Waals surface area contributed by atoms with Crippen LogP contribution in [0.4, 0.5) is 0 Å². The second kappa shape index (κ2) is 6.17. The summed E-state index contributed by atoms with van der Waals surface area (Å²) in [6.45, 7) is 7.78. The van der Waals surface area contributed by atoms with Gasteiger partial charge in [-0.1, -0.05) is 29.7 Å². The fourth-order valence-electron chi connectivity index (χ4n) is 2.80. The van der Waals surface area contributed by atoms with E-state index in [1.807, 2.05) is 70.2 Å². The Kier molecular flexibility index (Phi) is 4.31. The van der Waals surface area contributed by atoms with Crippen LogP contribution in [-0.4, -0.2) is 11.2 Å². The topological polar surface area (TPSA) is 18.5 Å². The quantitative estimate of drug-likeness (QED) is 0.656. The van der Waals surface area contributed by atoms with Crippen molar-refractivity contribution in [1.82, 2.24) is 0 Å². The van der Waals surface area contributed by atoms with Gasteiger partial charge >= 0.3 is 0 Å². The van der Waals surface area contributed by atoms with E-state index >= 15 is 0 Å². The van der Waals surface area contributed by atoms with Gasteiger partial charge in [0.25, 0.3) is 0 Å². The summed E-state index contributed by atoms with van der Waals surface area (Å²) in [7, 11) is 0. The Bertz CT molecular complexity index is 868. The summed E-state index contributed by atoms with van der Waals surface area (Å²) in [4.78, 5) is 0. The SMILES string of the molecule is C#CC(C)(C)Oc1ccc2c(c1)OC(C)(C)C=C2c1ccc(Cl)cc1. The van der Waals surface area contributed by atoms with E-state index in [4.69, 9.17) is 27.5 Å². The fourth-order valence-corrected chi connectivity index (χ4v) is 2.93. The molecular formula is C22H21ClO2. The van der Waals surface area contributed by atoms with Gasteiger partial charge in [-0.2, -0.15) is 0 Å². The minimum Gasteiger partial charge on any atom is -0.483 e. The molecule has 0 N–H and O–H groups in total. The van der Waals surface area contributed by atoms with Gasteiger partial charge in [-0.25, -0.2) is 0 Å². The Morgan fingerprint density at radius 3 is 2.44 bits per heavy atom. The molecule has 0 atom stereocenters. The Morgan fingerprint density at radius 1 is 1.12 bits per heavy atom. The highest BCUT2D eigenvalue weighted by atomic mass is 35.5. The molecule has 0 aliphatic carbocycles. The van der Waals surface area contributed by atoms with Gasteiger partial charge in [0, 0.05) is 16.7 Å². The van der Waals surface area contributed by atoms with Crippen molar-refractivity contribution >= 4 is 17.2 Å². The van der Waals surface area contributed by atoms with Crippen molar-refractivity contribution in [3.05, 3.63) is 64.7 Å². The monoisotopic (exact) mass is 352 g/mol. The molecule has 0 unspecified atom stereocenters. The van der Waals surface area contributed by atoms with Crippen LogP contribution >= 0.6 is 11.6 Å². The zero-order chi connectivity index (χ0) is 18.2. The maximum absolute atomic E-state index is 6.15. The van der Waals surface area contributed by atoms with E-state index in [1.165, 1.54) is 0 Å². The molecular weight excluding hydrogens is 332 g/mol. The standard InChI is InChI=1S/C22H21ClO2/c1-6-21(2,3)24-17-11-12-18-19(15-7-9-16(23)10-8-15)14-22(4,5)25-20(18)13-17/h1,7-14H,2-5H3. The van der Waals surface area contributed by atoms with Crippen molar-refractivity contribution in [3.63, 3.8) is 0 Å². The molecule has 25 heavy (non-hydrogen) atoms. The largest absolute Gasteiger partial charge is 0.483 e. The van der Waals surface area contributed by atoms with E-state index in [-0.39, 0.29) is 0 Å². The molecule has 3 heteroatoms. The van der Waals surface area contributed by atoms with Gasteiger partial charge in [0.15, 0.2) is 5.60 Å². The number of halogens is 1. The van der Waals surface area contributed by atoms with E-state index < -0.39 is 11.2 Å².